The zero-order valence-corrected chi connectivity index (χ0v) is 13.4. The van der Waals surface area contributed by atoms with Crippen LogP contribution in [-0.4, -0.2) is 22.4 Å². The minimum Gasteiger partial charge on any atom is -0.225 e. The normalized spacial score (nSPS) is 13.4. The van der Waals surface area contributed by atoms with E-state index in [4.69, 9.17) is 5.14 Å². The molecular formula is C12H20N2O4S2. The van der Waals surface area contributed by atoms with Crippen LogP contribution in [-0.2, 0) is 20.0 Å². The van der Waals surface area contributed by atoms with Crippen molar-refractivity contribution in [2.45, 2.75) is 48.9 Å². The van der Waals surface area contributed by atoms with Crippen LogP contribution in [0.2, 0.25) is 0 Å². The number of primary sulfonamides is 1. The Hall–Kier alpha value is -0.960. The van der Waals surface area contributed by atoms with Crippen molar-refractivity contribution >= 4 is 20.0 Å². The van der Waals surface area contributed by atoms with Gasteiger partial charge in [0.2, 0.25) is 20.0 Å². The summed E-state index contributed by atoms with van der Waals surface area (Å²) in [5, 5.41) is 5.01. The Labute approximate surface area is 120 Å². The minimum atomic E-state index is -3.93. The van der Waals surface area contributed by atoms with E-state index in [1.54, 1.807) is 6.92 Å². The minimum absolute atomic E-state index is 0.114. The lowest BCUT2D eigenvalue weighted by molar-refractivity contribution is 0.388. The summed E-state index contributed by atoms with van der Waals surface area (Å²) in [6.07, 6.45) is 1.25. The molecule has 0 aromatic heterocycles. The fourth-order valence-corrected chi connectivity index (χ4v) is 3.83. The van der Waals surface area contributed by atoms with Gasteiger partial charge in [0, 0.05) is 5.54 Å². The SMILES string of the molecule is CCC(C)(CC)NS(=O)(=O)c1cccc(S(N)(=O)=O)c1. The largest absolute Gasteiger partial charge is 0.241 e. The smallest absolute Gasteiger partial charge is 0.225 e. The van der Waals surface area contributed by atoms with Gasteiger partial charge in [-0.05, 0) is 38.0 Å². The second-order valence-corrected chi connectivity index (χ2v) is 8.14. The van der Waals surface area contributed by atoms with Crippen molar-refractivity contribution in [1.82, 2.24) is 4.72 Å². The summed E-state index contributed by atoms with van der Waals surface area (Å²) in [5.74, 6) is 0. The molecule has 0 saturated carbocycles. The molecule has 1 rings (SSSR count). The van der Waals surface area contributed by atoms with Crippen LogP contribution in [0.5, 0.6) is 0 Å². The first-order chi connectivity index (χ1) is 9.04. The maximum absolute atomic E-state index is 12.3. The van der Waals surface area contributed by atoms with Gasteiger partial charge in [-0.3, -0.25) is 0 Å². The van der Waals surface area contributed by atoms with E-state index in [1.807, 2.05) is 13.8 Å². The number of benzene rings is 1. The van der Waals surface area contributed by atoms with Crippen LogP contribution < -0.4 is 9.86 Å². The van der Waals surface area contributed by atoms with Crippen LogP contribution in [0, 0.1) is 0 Å². The Morgan fingerprint density at radius 3 is 2.05 bits per heavy atom. The Morgan fingerprint density at radius 2 is 1.60 bits per heavy atom. The van der Waals surface area contributed by atoms with Gasteiger partial charge in [-0.15, -0.1) is 0 Å². The highest BCUT2D eigenvalue weighted by molar-refractivity contribution is 7.90. The molecule has 0 aliphatic rings. The molecular weight excluding hydrogens is 300 g/mol. The summed E-state index contributed by atoms with van der Waals surface area (Å²) in [4.78, 5) is -0.341. The first-order valence-electron chi connectivity index (χ1n) is 6.21. The molecule has 3 N–H and O–H groups in total. The zero-order valence-electron chi connectivity index (χ0n) is 11.8. The average molecular weight is 320 g/mol. The van der Waals surface area contributed by atoms with Crippen LogP contribution in [0.4, 0.5) is 0 Å². The Morgan fingerprint density at radius 1 is 1.10 bits per heavy atom. The van der Waals surface area contributed by atoms with Crippen LogP contribution >= 0.6 is 0 Å². The number of hydrogen-bond acceptors (Lipinski definition) is 4. The van der Waals surface area contributed by atoms with Gasteiger partial charge in [-0.25, -0.2) is 26.7 Å². The van der Waals surface area contributed by atoms with Crippen LogP contribution in [0.15, 0.2) is 34.1 Å². The molecule has 0 aliphatic carbocycles. The molecule has 0 bridgehead atoms. The molecule has 0 saturated heterocycles. The third-order valence-corrected chi connectivity index (χ3v) is 5.93. The molecule has 0 aliphatic heterocycles. The molecule has 8 heteroatoms. The van der Waals surface area contributed by atoms with E-state index in [0.29, 0.717) is 12.8 Å². The van der Waals surface area contributed by atoms with Crippen LogP contribution in [0.25, 0.3) is 0 Å². The number of nitrogens with two attached hydrogens (primary N) is 1. The standard InChI is InChI=1S/C12H20N2O4S2/c1-4-12(3,5-2)14-20(17,18)11-8-6-7-10(9-11)19(13,15)16/h6-9,14H,4-5H2,1-3H3,(H2,13,15,16). The summed E-state index contributed by atoms with van der Waals surface area (Å²) in [6.45, 7) is 5.56. The van der Waals surface area contributed by atoms with Gasteiger partial charge in [0.15, 0.2) is 0 Å². The van der Waals surface area contributed by atoms with E-state index in [0.717, 1.165) is 6.07 Å². The molecule has 0 radical (unpaired) electrons. The molecule has 0 amide bonds. The third-order valence-electron chi connectivity index (χ3n) is 3.39. The molecule has 0 spiro atoms. The number of rotatable bonds is 6. The number of hydrogen-bond donors (Lipinski definition) is 2. The summed E-state index contributed by atoms with van der Waals surface area (Å²) in [7, 11) is -7.73. The van der Waals surface area contributed by atoms with Gasteiger partial charge in [-0.1, -0.05) is 19.9 Å². The molecule has 0 unspecified atom stereocenters. The first kappa shape index (κ1) is 17.1. The predicted molar refractivity (Wildman–Crippen MR) is 77.1 cm³/mol. The fraction of sp³-hybridized carbons (Fsp3) is 0.500. The lowest BCUT2D eigenvalue weighted by atomic mass is 9.98. The maximum atomic E-state index is 12.3. The van der Waals surface area contributed by atoms with Gasteiger partial charge in [0.25, 0.3) is 0 Å². The molecule has 20 heavy (non-hydrogen) atoms. The van der Waals surface area contributed by atoms with Crippen molar-refractivity contribution in [1.29, 1.82) is 0 Å². The van der Waals surface area contributed by atoms with Crippen molar-refractivity contribution < 1.29 is 16.8 Å². The molecule has 6 nitrogen and oxygen atoms in total. The monoisotopic (exact) mass is 320 g/mol. The topological polar surface area (TPSA) is 106 Å². The highest BCUT2D eigenvalue weighted by Gasteiger charge is 2.27. The summed E-state index contributed by atoms with van der Waals surface area (Å²) in [5.41, 5.74) is -0.573. The summed E-state index contributed by atoms with van der Waals surface area (Å²) in [6, 6.07) is 5.00. The second-order valence-electron chi connectivity index (χ2n) is 4.89. The summed E-state index contributed by atoms with van der Waals surface area (Å²) >= 11 is 0. The zero-order chi connectivity index (χ0) is 15.6. The Bertz CT molecular complexity index is 677. The average Bonchev–Trinajstić information content (AvgIpc) is 2.37. The van der Waals surface area contributed by atoms with E-state index in [1.165, 1.54) is 18.2 Å². The van der Waals surface area contributed by atoms with Crippen molar-refractivity contribution in [3.8, 4) is 0 Å². The van der Waals surface area contributed by atoms with Crippen molar-refractivity contribution in [3.05, 3.63) is 24.3 Å². The van der Waals surface area contributed by atoms with Gasteiger partial charge < -0.3 is 0 Å². The lowest BCUT2D eigenvalue weighted by Gasteiger charge is -2.27. The quantitative estimate of drug-likeness (QED) is 0.821. The van der Waals surface area contributed by atoms with Crippen LogP contribution in [0.1, 0.15) is 33.6 Å². The fourth-order valence-electron chi connectivity index (χ4n) is 1.60. The van der Waals surface area contributed by atoms with Crippen molar-refractivity contribution in [3.63, 3.8) is 0 Å². The molecule has 114 valence electrons. The Balaban J connectivity index is 3.24. The van der Waals surface area contributed by atoms with Gasteiger partial charge in [0.05, 0.1) is 9.79 Å². The molecule has 1 aromatic rings. The highest BCUT2D eigenvalue weighted by atomic mass is 32.2. The molecule has 0 heterocycles. The maximum Gasteiger partial charge on any atom is 0.241 e. The van der Waals surface area contributed by atoms with Gasteiger partial charge >= 0.3 is 0 Å². The lowest BCUT2D eigenvalue weighted by Crippen LogP contribution is -2.44. The van der Waals surface area contributed by atoms with Crippen molar-refractivity contribution in [2.75, 3.05) is 0 Å². The summed E-state index contributed by atoms with van der Waals surface area (Å²) < 4.78 is 49.7. The highest BCUT2D eigenvalue weighted by Crippen LogP contribution is 2.20. The first-order valence-corrected chi connectivity index (χ1v) is 9.24. The predicted octanol–water partition coefficient (Wildman–Crippen LogP) is 1.19. The van der Waals surface area contributed by atoms with E-state index in [-0.39, 0.29) is 9.79 Å². The Kier molecular flexibility index (Phi) is 4.96. The third kappa shape index (κ3) is 4.02. The number of nitrogens with one attached hydrogen (secondary N) is 1. The molecule has 1 aromatic carbocycles. The van der Waals surface area contributed by atoms with Crippen LogP contribution in [0.3, 0.4) is 0 Å². The molecule has 0 atom stereocenters. The number of sulfonamides is 2. The van der Waals surface area contributed by atoms with E-state index < -0.39 is 25.6 Å². The van der Waals surface area contributed by atoms with E-state index >= 15 is 0 Å². The van der Waals surface area contributed by atoms with Crippen molar-refractivity contribution in [2.24, 2.45) is 5.14 Å². The van der Waals surface area contributed by atoms with E-state index in [2.05, 4.69) is 4.72 Å². The van der Waals surface area contributed by atoms with E-state index in [9.17, 15) is 16.8 Å². The van der Waals surface area contributed by atoms with Gasteiger partial charge in [0.1, 0.15) is 0 Å². The van der Waals surface area contributed by atoms with Gasteiger partial charge in [-0.2, -0.15) is 0 Å². The second kappa shape index (κ2) is 5.80. The molecule has 0 fully saturated rings.